The molecule has 0 saturated carbocycles. The summed E-state index contributed by atoms with van der Waals surface area (Å²) in [4.78, 5) is -1.93. The second kappa shape index (κ2) is 6.31. The maximum absolute atomic E-state index is 10.6. The summed E-state index contributed by atoms with van der Waals surface area (Å²) >= 11 is 0. The van der Waals surface area contributed by atoms with Crippen LogP contribution in [0.5, 0.6) is 0 Å². The Bertz CT molecular complexity index is 223. The van der Waals surface area contributed by atoms with E-state index in [1.165, 1.54) is 0 Å². The fraction of sp³-hybridized carbons (Fsp3) is 1.00. The van der Waals surface area contributed by atoms with Crippen LogP contribution in [-0.4, -0.2) is 70.8 Å². The van der Waals surface area contributed by atoms with E-state index in [-0.39, 0.29) is 42.4 Å². The summed E-state index contributed by atoms with van der Waals surface area (Å²) < 4.78 is 29.9. The molecule has 5 N–H and O–H groups in total. The monoisotopic (exact) mass is 223 g/mol. The predicted octanol–water partition coefficient (Wildman–Crippen LogP) is -2.35. The molecule has 13 heavy (non-hydrogen) atoms. The van der Waals surface area contributed by atoms with Gasteiger partial charge in [-0.25, -0.2) is 0 Å². The van der Waals surface area contributed by atoms with Gasteiger partial charge in [0.05, 0.1) is 0 Å². The first-order valence-corrected chi connectivity index (χ1v) is 4.79. The molecule has 76 valence electrons. The molecule has 8 heteroatoms. The van der Waals surface area contributed by atoms with Crippen molar-refractivity contribution in [3.8, 4) is 0 Å². The van der Waals surface area contributed by atoms with Crippen LogP contribution in [0.15, 0.2) is 0 Å². The van der Waals surface area contributed by atoms with Gasteiger partial charge in [-0.3, -0.25) is 4.55 Å². The van der Waals surface area contributed by atoms with Crippen molar-refractivity contribution in [2.75, 3.05) is 13.2 Å². The van der Waals surface area contributed by atoms with E-state index in [4.69, 9.17) is 20.5 Å². The van der Waals surface area contributed by atoms with Crippen molar-refractivity contribution in [2.45, 2.75) is 17.7 Å². The van der Waals surface area contributed by atoms with E-state index >= 15 is 0 Å². The Balaban J connectivity index is 0. The molecular formula is C5H14NNaO5S. The van der Waals surface area contributed by atoms with Crippen molar-refractivity contribution >= 4 is 39.7 Å². The summed E-state index contributed by atoms with van der Waals surface area (Å²) in [5.74, 6) is 0. The minimum absolute atomic E-state index is 0. The Morgan fingerprint density at radius 1 is 1.15 bits per heavy atom. The van der Waals surface area contributed by atoms with Crippen LogP contribution in [0.4, 0.5) is 0 Å². The molecule has 0 saturated heterocycles. The molecule has 0 rings (SSSR count). The van der Waals surface area contributed by atoms with Crippen molar-refractivity contribution < 1.29 is 23.2 Å². The molecule has 0 aliphatic rings. The van der Waals surface area contributed by atoms with E-state index in [0.717, 1.165) is 0 Å². The van der Waals surface area contributed by atoms with Crippen LogP contribution in [0, 0.1) is 0 Å². The second-order valence-electron chi connectivity index (χ2n) is 2.49. The van der Waals surface area contributed by atoms with Crippen molar-refractivity contribution in [3.63, 3.8) is 0 Å². The first-order chi connectivity index (χ1) is 5.37. The van der Waals surface area contributed by atoms with Gasteiger partial charge in [0.25, 0.3) is 10.1 Å². The van der Waals surface area contributed by atoms with E-state index in [9.17, 15) is 8.42 Å². The van der Waals surface area contributed by atoms with E-state index < -0.39 is 28.2 Å². The Morgan fingerprint density at radius 3 is 1.62 bits per heavy atom. The fourth-order valence-electron chi connectivity index (χ4n) is 0.761. The molecule has 0 fully saturated rings. The zero-order valence-corrected chi connectivity index (χ0v) is 7.29. The summed E-state index contributed by atoms with van der Waals surface area (Å²) in [7, 11) is -4.43. The Labute approximate surface area is 99.2 Å². The second-order valence-corrected chi connectivity index (χ2v) is 4.25. The number of nitrogens with two attached hydrogens (primary N) is 1. The SMILES string of the molecule is NC(CCO)(CCO)S(=O)(=O)O.[NaH]. The molecule has 0 atom stereocenters. The molecule has 0 aromatic carbocycles. The maximum atomic E-state index is 10.6. The van der Waals surface area contributed by atoms with Crippen LogP contribution >= 0.6 is 0 Å². The molecule has 0 amide bonds. The molecule has 0 aliphatic heterocycles. The third-order valence-corrected chi connectivity index (χ3v) is 3.02. The zero-order valence-electron chi connectivity index (χ0n) is 6.47. The van der Waals surface area contributed by atoms with Crippen LogP contribution in [0.2, 0.25) is 0 Å². The molecule has 0 spiro atoms. The van der Waals surface area contributed by atoms with Crippen LogP contribution in [0.1, 0.15) is 12.8 Å². The number of aliphatic hydroxyl groups excluding tert-OH is 2. The first-order valence-electron chi connectivity index (χ1n) is 3.35. The average molecular weight is 223 g/mol. The molecule has 0 heterocycles. The molecule has 0 unspecified atom stereocenters. The van der Waals surface area contributed by atoms with Gasteiger partial charge in [-0.2, -0.15) is 8.42 Å². The van der Waals surface area contributed by atoms with Crippen LogP contribution in [0.3, 0.4) is 0 Å². The van der Waals surface area contributed by atoms with E-state index in [1.54, 1.807) is 0 Å². The van der Waals surface area contributed by atoms with E-state index in [2.05, 4.69) is 0 Å². The molecular weight excluding hydrogens is 209 g/mol. The number of aliphatic hydroxyl groups is 2. The van der Waals surface area contributed by atoms with Gasteiger partial charge in [-0.1, -0.05) is 0 Å². The summed E-state index contributed by atoms with van der Waals surface area (Å²) in [5.41, 5.74) is 5.24. The Kier molecular flexibility index (Phi) is 7.87. The molecule has 0 bridgehead atoms. The van der Waals surface area contributed by atoms with Gasteiger partial charge in [0.1, 0.15) is 4.87 Å². The van der Waals surface area contributed by atoms with Gasteiger partial charge in [0.15, 0.2) is 0 Å². The zero-order chi connectivity index (χ0) is 9.83. The summed E-state index contributed by atoms with van der Waals surface area (Å²) in [5, 5.41) is 16.9. The van der Waals surface area contributed by atoms with Crippen molar-refractivity contribution in [1.82, 2.24) is 0 Å². The van der Waals surface area contributed by atoms with Crippen LogP contribution < -0.4 is 5.73 Å². The molecule has 0 aromatic rings. The van der Waals surface area contributed by atoms with Gasteiger partial charge < -0.3 is 15.9 Å². The summed E-state index contributed by atoms with van der Waals surface area (Å²) in [6.07, 6.45) is -0.598. The molecule has 6 nitrogen and oxygen atoms in total. The minimum atomic E-state index is -4.43. The van der Waals surface area contributed by atoms with Crippen molar-refractivity contribution in [3.05, 3.63) is 0 Å². The number of rotatable bonds is 5. The summed E-state index contributed by atoms with van der Waals surface area (Å²) in [6, 6.07) is 0. The standard InChI is InChI=1S/C5H13NO5S.Na.H/c6-5(1-3-7,2-4-8)12(9,10)11;;/h7-8H,1-4,6H2,(H,9,10,11);;. The van der Waals surface area contributed by atoms with Crippen LogP contribution in [0.25, 0.3) is 0 Å². The van der Waals surface area contributed by atoms with E-state index in [1.807, 2.05) is 0 Å². The Hall–Kier alpha value is 0.790. The van der Waals surface area contributed by atoms with Gasteiger partial charge in [-0.05, 0) is 0 Å². The topological polar surface area (TPSA) is 121 Å². The fourth-order valence-corrected chi connectivity index (χ4v) is 1.46. The van der Waals surface area contributed by atoms with Gasteiger partial charge in [-0.15, -0.1) is 0 Å². The van der Waals surface area contributed by atoms with Gasteiger partial charge in [0.2, 0.25) is 0 Å². The molecule has 0 aliphatic carbocycles. The normalized spacial score (nSPS) is 12.3. The third kappa shape index (κ3) is 4.71. The van der Waals surface area contributed by atoms with Gasteiger partial charge >= 0.3 is 29.6 Å². The van der Waals surface area contributed by atoms with Crippen molar-refractivity contribution in [1.29, 1.82) is 0 Å². The van der Waals surface area contributed by atoms with Gasteiger partial charge in [0, 0.05) is 26.1 Å². The van der Waals surface area contributed by atoms with Crippen LogP contribution in [-0.2, 0) is 10.1 Å². The van der Waals surface area contributed by atoms with Crippen molar-refractivity contribution in [2.24, 2.45) is 5.73 Å². The summed E-state index contributed by atoms with van der Waals surface area (Å²) in [6.45, 7) is -0.924. The van der Waals surface area contributed by atoms with E-state index in [0.29, 0.717) is 0 Å². The average Bonchev–Trinajstić information content (AvgIpc) is 1.86. The number of hydrogen-bond acceptors (Lipinski definition) is 5. The number of hydrogen-bond donors (Lipinski definition) is 4. The Morgan fingerprint density at radius 2 is 1.46 bits per heavy atom. The third-order valence-electron chi connectivity index (χ3n) is 1.58. The molecule has 0 radical (unpaired) electrons. The molecule has 0 aromatic heterocycles. The predicted molar refractivity (Wildman–Crippen MR) is 49.0 cm³/mol. The first kappa shape index (κ1) is 16.2. The quantitative estimate of drug-likeness (QED) is 0.306.